The first-order valence-electron chi connectivity index (χ1n) is 14.6. The van der Waals surface area contributed by atoms with Crippen molar-refractivity contribution in [2.75, 3.05) is 26.1 Å². The van der Waals surface area contributed by atoms with Gasteiger partial charge in [0, 0.05) is 11.8 Å². The lowest BCUT2D eigenvalue weighted by Gasteiger charge is -2.25. The number of aliphatic hydroxyl groups excluding tert-OH is 1. The zero-order valence-electron chi connectivity index (χ0n) is 26.8. The van der Waals surface area contributed by atoms with Crippen LogP contribution in [-0.4, -0.2) is 77.6 Å². The molecule has 0 aliphatic carbocycles. The van der Waals surface area contributed by atoms with Crippen molar-refractivity contribution in [2.45, 2.75) is 57.3 Å². The van der Waals surface area contributed by atoms with Gasteiger partial charge < -0.3 is 33.9 Å². The number of ether oxygens (including phenoxy) is 4. The molecule has 1 aliphatic rings. The molecule has 1 saturated heterocycles. The molecular weight excluding hydrogens is 697 g/mol. The minimum atomic E-state index is -4.51. The minimum Gasteiger partial charge on any atom is -0.493 e. The van der Waals surface area contributed by atoms with E-state index in [4.69, 9.17) is 39.6 Å². The predicted molar refractivity (Wildman–Crippen MR) is 170 cm³/mol. The summed E-state index contributed by atoms with van der Waals surface area (Å²) in [5.74, 6) is -5.53. The number of hydrogen-bond donors (Lipinski definition) is 3. The molecular formula is C30H34ClF2N4O11P. The van der Waals surface area contributed by atoms with E-state index in [0.29, 0.717) is 4.57 Å². The molecule has 0 saturated carbocycles. The van der Waals surface area contributed by atoms with Crippen LogP contribution in [0.3, 0.4) is 0 Å². The summed E-state index contributed by atoms with van der Waals surface area (Å²) >= 11 is 6.15. The second kappa shape index (κ2) is 15.6. The zero-order chi connectivity index (χ0) is 36.1. The normalized spacial score (nSPS) is 20.2. The third kappa shape index (κ3) is 8.92. The number of para-hydroxylation sites is 1. The Morgan fingerprint density at radius 2 is 1.84 bits per heavy atom. The summed E-state index contributed by atoms with van der Waals surface area (Å²) in [6.07, 6.45) is -6.38. The van der Waals surface area contributed by atoms with Crippen LogP contribution in [0.1, 0.15) is 37.4 Å². The first-order chi connectivity index (χ1) is 23.1. The molecule has 3 aromatic rings. The molecule has 0 radical (unpaired) electrons. The van der Waals surface area contributed by atoms with Crippen LogP contribution in [0, 0.1) is 0 Å². The van der Waals surface area contributed by atoms with E-state index in [-0.39, 0.29) is 33.7 Å². The molecule has 2 aromatic carbocycles. The fourth-order valence-electron chi connectivity index (χ4n) is 4.51. The summed E-state index contributed by atoms with van der Waals surface area (Å²) in [7, 11) is -1.81. The Bertz CT molecular complexity index is 1770. The zero-order valence-corrected chi connectivity index (χ0v) is 28.4. The molecule has 4 rings (SSSR count). The molecule has 2 heterocycles. The van der Waals surface area contributed by atoms with Gasteiger partial charge in [-0.05, 0) is 51.1 Å². The Morgan fingerprint density at radius 3 is 2.45 bits per heavy atom. The highest BCUT2D eigenvalue weighted by atomic mass is 35.5. The average molecular weight is 731 g/mol. The van der Waals surface area contributed by atoms with Crippen molar-refractivity contribution in [3.05, 3.63) is 75.8 Å². The summed E-state index contributed by atoms with van der Waals surface area (Å²) in [6, 6.07) is 10.1. The smallest absolute Gasteiger partial charge is 0.459 e. The Balaban J connectivity index is 1.50. The number of rotatable bonds is 14. The second-order valence-corrected chi connectivity index (χ2v) is 12.9. The first kappa shape index (κ1) is 37.7. The maximum absolute atomic E-state index is 15.3. The van der Waals surface area contributed by atoms with Crippen molar-refractivity contribution in [3.63, 3.8) is 0 Å². The number of aliphatic hydroxyl groups is 1. The van der Waals surface area contributed by atoms with E-state index in [1.54, 1.807) is 32.0 Å². The lowest BCUT2D eigenvalue weighted by atomic mass is 10.1. The van der Waals surface area contributed by atoms with Crippen molar-refractivity contribution in [3.8, 4) is 17.2 Å². The van der Waals surface area contributed by atoms with Gasteiger partial charge in [-0.25, -0.2) is 9.36 Å². The van der Waals surface area contributed by atoms with Crippen molar-refractivity contribution in [2.24, 2.45) is 0 Å². The molecule has 1 aromatic heterocycles. The Kier molecular flexibility index (Phi) is 12.0. The summed E-state index contributed by atoms with van der Waals surface area (Å²) in [6.45, 7) is 3.62. The van der Waals surface area contributed by atoms with Gasteiger partial charge in [0.2, 0.25) is 6.23 Å². The van der Waals surface area contributed by atoms with E-state index in [2.05, 4.69) is 15.4 Å². The number of nitrogens with one attached hydrogen (secondary N) is 2. The van der Waals surface area contributed by atoms with E-state index in [9.17, 15) is 24.1 Å². The highest BCUT2D eigenvalue weighted by molar-refractivity contribution is 7.52. The number of esters is 1. The van der Waals surface area contributed by atoms with Crippen LogP contribution in [0.15, 0.2) is 59.5 Å². The fraction of sp³-hybridized carbons (Fsp3) is 0.400. The van der Waals surface area contributed by atoms with Crippen LogP contribution in [0.2, 0.25) is 5.02 Å². The van der Waals surface area contributed by atoms with Gasteiger partial charge in [0.25, 0.3) is 5.91 Å². The largest absolute Gasteiger partial charge is 0.493 e. The van der Waals surface area contributed by atoms with Crippen molar-refractivity contribution in [1.29, 1.82) is 0 Å². The number of anilines is 1. The SMILES string of the molecule is COc1cc(C(=O)Nc2ccn(C3O[C@H](COP(=O)(N[C@H](C)C(=O)OC(C)C)Oc4ccccc4)[C@@H](O)C3(F)F)c(=O)n2)cc(Cl)c1OC. The number of carbonyl (C=O) groups is 2. The Hall–Kier alpha value is -4.12. The maximum atomic E-state index is 15.3. The monoisotopic (exact) mass is 730 g/mol. The highest BCUT2D eigenvalue weighted by Gasteiger charge is 2.60. The van der Waals surface area contributed by atoms with Gasteiger partial charge in [-0.2, -0.15) is 18.9 Å². The number of carbonyl (C=O) groups excluding carboxylic acids is 2. The summed E-state index contributed by atoms with van der Waals surface area (Å²) < 4.78 is 76.4. The fourth-order valence-corrected chi connectivity index (χ4v) is 6.30. The van der Waals surface area contributed by atoms with Gasteiger partial charge >= 0.3 is 25.3 Å². The maximum Gasteiger partial charge on any atom is 0.459 e. The molecule has 5 atom stereocenters. The van der Waals surface area contributed by atoms with Crippen molar-refractivity contribution >= 4 is 37.0 Å². The van der Waals surface area contributed by atoms with Crippen LogP contribution >= 0.6 is 19.3 Å². The number of benzene rings is 2. The third-order valence-electron chi connectivity index (χ3n) is 6.83. The van der Waals surface area contributed by atoms with Crippen LogP contribution in [0.4, 0.5) is 14.6 Å². The molecule has 0 spiro atoms. The number of nitrogens with zero attached hydrogens (tertiary/aromatic N) is 2. The van der Waals surface area contributed by atoms with Crippen molar-refractivity contribution < 1.29 is 56.0 Å². The topological polar surface area (TPSA) is 186 Å². The molecule has 1 fully saturated rings. The standard InChI is InChI=1S/C30H34ClF2N4O11P/c1-16(2)46-27(40)17(3)36-49(42,48-19-9-7-6-8-10-19)45-15-22-25(38)30(32,33)28(47-22)37-12-11-23(35-29(37)41)34-26(39)18-13-20(31)24(44-5)21(14-18)43-4/h6-14,16-17,22,25,28,38H,15H2,1-5H3,(H,36,42)(H,34,35,39,41)/t17-,22-,25-,28?,49?/m1/s1. The molecule has 15 nitrogen and oxygen atoms in total. The van der Waals surface area contributed by atoms with E-state index in [1.807, 2.05) is 0 Å². The number of aromatic nitrogens is 2. The first-order valence-corrected chi connectivity index (χ1v) is 16.5. The van der Waals surface area contributed by atoms with E-state index in [1.165, 1.54) is 45.4 Å². The molecule has 49 heavy (non-hydrogen) atoms. The molecule has 3 N–H and O–H groups in total. The minimum absolute atomic E-state index is 0.0134. The Labute approximate surface area is 284 Å². The van der Waals surface area contributed by atoms with E-state index in [0.717, 1.165) is 12.3 Å². The predicted octanol–water partition coefficient (Wildman–Crippen LogP) is 4.19. The lowest BCUT2D eigenvalue weighted by Crippen LogP contribution is -2.42. The number of alkyl halides is 2. The van der Waals surface area contributed by atoms with Crippen molar-refractivity contribution in [1.82, 2.24) is 14.6 Å². The molecule has 266 valence electrons. The third-order valence-corrected chi connectivity index (χ3v) is 8.76. The molecule has 1 amide bonds. The van der Waals surface area contributed by atoms with Gasteiger partial charge in [-0.1, -0.05) is 29.8 Å². The number of hydrogen-bond acceptors (Lipinski definition) is 12. The van der Waals surface area contributed by atoms with E-state index >= 15 is 8.78 Å². The number of amides is 1. The molecule has 2 unspecified atom stereocenters. The van der Waals surface area contributed by atoms with Gasteiger partial charge in [-0.3, -0.25) is 18.7 Å². The quantitative estimate of drug-likeness (QED) is 0.159. The average Bonchev–Trinajstić information content (AvgIpc) is 3.26. The van der Waals surface area contributed by atoms with Crippen LogP contribution in [0.25, 0.3) is 0 Å². The van der Waals surface area contributed by atoms with Crippen LogP contribution < -0.4 is 30.1 Å². The molecule has 19 heteroatoms. The summed E-state index contributed by atoms with van der Waals surface area (Å²) in [4.78, 5) is 41.7. The highest BCUT2D eigenvalue weighted by Crippen LogP contribution is 2.48. The van der Waals surface area contributed by atoms with Gasteiger partial charge in [0.1, 0.15) is 23.7 Å². The number of methoxy groups -OCH3 is 2. The summed E-state index contributed by atoms with van der Waals surface area (Å²) in [5, 5.41) is 15.3. The van der Waals surface area contributed by atoms with Crippen LogP contribution in [0.5, 0.6) is 17.2 Å². The van der Waals surface area contributed by atoms with Gasteiger partial charge in [0.05, 0.1) is 32.0 Å². The van der Waals surface area contributed by atoms with E-state index < -0.39 is 68.4 Å². The van der Waals surface area contributed by atoms with Gasteiger partial charge in [0.15, 0.2) is 17.6 Å². The Morgan fingerprint density at radius 1 is 1.14 bits per heavy atom. The lowest BCUT2D eigenvalue weighted by molar-refractivity contribution is -0.149. The number of halogens is 3. The van der Waals surface area contributed by atoms with Gasteiger partial charge in [-0.15, -0.1) is 0 Å². The molecule has 1 aliphatic heterocycles. The second-order valence-electron chi connectivity index (χ2n) is 10.8. The summed E-state index contributed by atoms with van der Waals surface area (Å²) in [5.41, 5.74) is -1.25. The molecule has 0 bridgehead atoms. The van der Waals surface area contributed by atoms with Crippen LogP contribution in [-0.2, 0) is 23.4 Å².